The molecular formula is C18H25ClO3S. The maximum absolute atomic E-state index is 11.2. The van der Waals surface area contributed by atoms with Gasteiger partial charge in [0.1, 0.15) is 0 Å². The van der Waals surface area contributed by atoms with E-state index in [1.54, 1.807) is 0 Å². The lowest BCUT2D eigenvalue weighted by molar-refractivity contribution is 0.0208. The Morgan fingerprint density at radius 1 is 1.04 bits per heavy atom. The van der Waals surface area contributed by atoms with Gasteiger partial charge in [-0.15, -0.1) is 0 Å². The minimum absolute atomic E-state index is 0.0369. The summed E-state index contributed by atoms with van der Waals surface area (Å²) < 4.78 is 28.6. The molecule has 2 atom stereocenters. The molecule has 1 fully saturated rings. The summed E-state index contributed by atoms with van der Waals surface area (Å²) in [5.74, 6) is 0.314. The number of halogens is 1. The molecule has 0 bridgehead atoms. The van der Waals surface area contributed by atoms with Gasteiger partial charge in [0.2, 0.25) is 9.05 Å². The smallest absolute Gasteiger partial charge is 0.232 e. The van der Waals surface area contributed by atoms with Crippen LogP contribution in [0.25, 0.3) is 0 Å². The van der Waals surface area contributed by atoms with Crippen LogP contribution in [0.2, 0.25) is 0 Å². The molecule has 2 aliphatic rings. The topological polar surface area (TPSA) is 43.4 Å². The van der Waals surface area contributed by atoms with Crippen molar-refractivity contribution in [2.24, 2.45) is 5.92 Å². The van der Waals surface area contributed by atoms with Crippen LogP contribution in [0.3, 0.4) is 0 Å². The van der Waals surface area contributed by atoms with Gasteiger partial charge in [-0.3, -0.25) is 0 Å². The molecule has 128 valence electrons. The molecule has 5 heteroatoms. The van der Waals surface area contributed by atoms with E-state index in [0.29, 0.717) is 13.0 Å². The highest BCUT2D eigenvalue weighted by Crippen LogP contribution is 2.29. The van der Waals surface area contributed by atoms with Crippen LogP contribution in [0.5, 0.6) is 0 Å². The van der Waals surface area contributed by atoms with Crippen molar-refractivity contribution < 1.29 is 13.2 Å². The third-order valence-corrected chi connectivity index (χ3v) is 5.54. The van der Waals surface area contributed by atoms with E-state index in [9.17, 15) is 8.42 Å². The first-order valence-corrected chi connectivity index (χ1v) is 10.8. The first-order chi connectivity index (χ1) is 11.0. The fourth-order valence-electron chi connectivity index (χ4n) is 3.10. The molecular weight excluding hydrogens is 332 g/mol. The van der Waals surface area contributed by atoms with E-state index in [1.807, 2.05) is 30.4 Å². The fraction of sp³-hybridized carbons (Fsp3) is 0.556. The molecule has 0 spiro atoms. The van der Waals surface area contributed by atoms with Crippen LogP contribution < -0.4 is 0 Å². The number of allylic oxidation sites excluding steroid dienone is 6. The highest BCUT2D eigenvalue weighted by atomic mass is 35.7. The molecule has 0 aromatic heterocycles. The van der Waals surface area contributed by atoms with Crippen molar-refractivity contribution in [2.45, 2.75) is 44.6 Å². The van der Waals surface area contributed by atoms with E-state index in [1.165, 1.54) is 6.42 Å². The van der Waals surface area contributed by atoms with Gasteiger partial charge in [0.25, 0.3) is 0 Å². The van der Waals surface area contributed by atoms with Gasteiger partial charge in [-0.05, 0) is 30.8 Å². The van der Waals surface area contributed by atoms with Crippen LogP contribution in [-0.2, 0) is 13.8 Å². The minimum atomic E-state index is -3.43. The number of rotatable bonds is 6. The lowest BCUT2D eigenvalue weighted by Gasteiger charge is -2.25. The summed E-state index contributed by atoms with van der Waals surface area (Å²) in [6, 6.07) is 0. The molecule has 0 amide bonds. The molecule has 1 saturated carbocycles. The Morgan fingerprint density at radius 3 is 2.61 bits per heavy atom. The summed E-state index contributed by atoms with van der Waals surface area (Å²) in [6.07, 6.45) is 20.3. The summed E-state index contributed by atoms with van der Waals surface area (Å²) in [5.41, 5.74) is 1.12. The highest BCUT2D eigenvalue weighted by Gasteiger charge is 2.25. The zero-order valence-electron chi connectivity index (χ0n) is 13.4. The van der Waals surface area contributed by atoms with Crippen molar-refractivity contribution in [3.05, 3.63) is 48.1 Å². The number of ether oxygens (including phenoxy) is 1. The Morgan fingerprint density at radius 2 is 1.78 bits per heavy atom. The second kappa shape index (κ2) is 9.45. The van der Waals surface area contributed by atoms with Crippen molar-refractivity contribution in [1.29, 1.82) is 0 Å². The molecule has 2 aliphatic carbocycles. The molecule has 0 radical (unpaired) electrons. The van der Waals surface area contributed by atoms with Gasteiger partial charge in [-0.25, -0.2) is 8.42 Å². The third kappa shape index (κ3) is 7.51. The van der Waals surface area contributed by atoms with Crippen LogP contribution in [0, 0.1) is 5.92 Å². The van der Waals surface area contributed by atoms with E-state index in [0.717, 1.165) is 31.3 Å². The number of hydrogen-bond donors (Lipinski definition) is 0. The maximum atomic E-state index is 11.2. The number of hydrogen-bond acceptors (Lipinski definition) is 3. The molecule has 0 aromatic rings. The lowest BCUT2D eigenvalue weighted by atomic mass is 9.94. The minimum Gasteiger partial charge on any atom is -0.373 e. The molecule has 0 aliphatic heterocycles. The maximum Gasteiger partial charge on any atom is 0.232 e. The summed E-state index contributed by atoms with van der Waals surface area (Å²) in [5, 5.41) is 0. The largest absolute Gasteiger partial charge is 0.373 e. The Labute approximate surface area is 144 Å². The first-order valence-electron chi connectivity index (χ1n) is 8.29. The summed E-state index contributed by atoms with van der Waals surface area (Å²) in [7, 11) is 1.95. The SMILES string of the molecule is O=S(=O)(Cl)CCC1CCCCCC1OCC1=C/C=C\C=C/C=C1. The normalized spacial score (nSPS) is 28.3. The molecule has 23 heavy (non-hydrogen) atoms. The Kier molecular flexibility index (Phi) is 7.60. The fourth-order valence-corrected chi connectivity index (χ4v) is 3.95. The summed E-state index contributed by atoms with van der Waals surface area (Å²) in [4.78, 5) is 0. The molecule has 0 heterocycles. The van der Waals surface area contributed by atoms with E-state index in [4.69, 9.17) is 15.4 Å². The zero-order chi connectivity index (χ0) is 16.5. The monoisotopic (exact) mass is 356 g/mol. The van der Waals surface area contributed by atoms with Crippen molar-refractivity contribution in [3.8, 4) is 0 Å². The molecule has 3 nitrogen and oxygen atoms in total. The predicted octanol–water partition coefficient (Wildman–Crippen LogP) is 4.52. The standard InChI is InChI=1S/C18H25ClO3S/c19-23(20,21)14-13-17-11-7-4-8-12-18(17)22-15-16-9-5-2-1-3-6-10-16/h1-3,5-6,9-10,17-18H,4,7-8,11-15H2/b2-1-,3-1?,5-2?,6-3-,9-5?,10-6?,16-9?,16-10?. The third-order valence-electron chi connectivity index (χ3n) is 4.35. The van der Waals surface area contributed by atoms with Gasteiger partial charge in [-0.2, -0.15) is 0 Å². The van der Waals surface area contributed by atoms with Crippen molar-refractivity contribution >= 4 is 19.7 Å². The van der Waals surface area contributed by atoms with Gasteiger partial charge < -0.3 is 4.74 Å². The second-order valence-electron chi connectivity index (χ2n) is 6.15. The van der Waals surface area contributed by atoms with Crippen molar-refractivity contribution in [3.63, 3.8) is 0 Å². The average Bonchev–Trinajstić information content (AvgIpc) is 2.68. The van der Waals surface area contributed by atoms with Gasteiger partial charge in [0.05, 0.1) is 18.5 Å². The van der Waals surface area contributed by atoms with Crippen molar-refractivity contribution in [2.75, 3.05) is 12.4 Å². The van der Waals surface area contributed by atoms with Gasteiger partial charge in [0, 0.05) is 10.7 Å². The zero-order valence-corrected chi connectivity index (χ0v) is 14.9. The van der Waals surface area contributed by atoms with Crippen LogP contribution in [0.15, 0.2) is 48.1 Å². The first kappa shape index (κ1) is 18.5. The molecule has 2 rings (SSSR count). The average molecular weight is 357 g/mol. The Bertz CT molecular complexity index is 587. The molecule has 0 saturated heterocycles. The van der Waals surface area contributed by atoms with Gasteiger partial charge in [-0.1, -0.05) is 61.8 Å². The summed E-state index contributed by atoms with van der Waals surface area (Å²) >= 11 is 0. The van der Waals surface area contributed by atoms with Crippen LogP contribution in [0.4, 0.5) is 0 Å². The lowest BCUT2D eigenvalue weighted by Crippen LogP contribution is -2.25. The van der Waals surface area contributed by atoms with Gasteiger partial charge >= 0.3 is 0 Å². The van der Waals surface area contributed by atoms with E-state index < -0.39 is 9.05 Å². The van der Waals surface area contributed by atoms with Crippen molar-refractivity contribution in [1.82, 2.24) is 0 Å². The molecule has 0 aromatic carbocycles. The second-order valence-corrected chi connectivity index (χ2v) is 9.05. The molecule has 0 N–H and O–H groups in total. The quantitative estimate of drug-likeness (QED) is 0.519. The van der Waals surface area contributed by atoms with Crippen LogP contribution >= 0.6 is 10.7 Å². The van der Waals surface area contributed by atoms with Gasteiger partial charge in [0.15, 0.2) is 0 Å². The van der Waals surface area contributed by atoms with Crippen LogP contribution in [0.1, 0.15) is 38.5 Å². The van der Waals surface area contributed by atoms with Crippen LogP contribution in [-0.4, -0.2) is 26.9 Å². The van der Waals surface area contributed by atoms with E-state index >= 15 is 0 Å². The molecule has 2 unspecified atom stereocenters. The Hall–Kier alpha value is -0.840. The van der Waals surface area contributed by atoms with E-state index in [-0.39, 0.29) is 17.8 Å². The summed E-state index contributed by atoms with van der Waals surface area (Å²) in [6.45, 7) is 0.559. The predicted molar refractivity (Wildman–Crippen MR) is 96.1 cm³/mol. The highest BCUT2D eigenvalue weighted by molar-refractivity contribution is 8.13. The Balaban J connectivity index is 1.93. The van der Waals surface area contributed by atoms with E-state index in [2.05, 4.69) is 12.2 Å².